The molecule has 0 spiro atoms. The highest BCUT2D eigenvalue weighted by atomic mass is 19.4. The summed E-state index contributed by atoms with van der Waals surface area (Å²) in [6.07, 6.45) is -4.51. The van der Waals surface area contributed by atoms with Crippen LogP contribution >= 0.6 is 0 Å². The minimum Gasteiger partial charge on any atom is -0.464 e. The summed E-state index contributed by atoms with van der Waals surface area (Å²) in [6, 6.07) is 2.40. The molecule has 1 aromatic carbocycles. The summed E-state index contributed by atoms with van der Waals surface area (Å²) < 4.78 is 41.3. The zero-order valence-corrected chi connectivity index (χ0v) is 8.76. The lowest BCUT2D eigenvalue weighted by Crippen LogP contribution is -2.18. The minimum atomic E-state index is -4.51. The number of alkyl halides is 3. The Labute approximate surface area is 94.7 Å². The maximum Gasteiger partial charge on any atom is 0.416 e. The number of hydrogen-bond donors (Lipinski definition) is 2. The molecule has 0 bridgehead atoms. The van der Waals surface area contributed by atoms with E-state index in [1.165, 1.54) is 0 Å². The van der Waals surface area contributed by atoms with Crippen LogP contribution < -0.4 is 5.73 Å². The van der Waals surface area contributed by atoms with E-state index in [4.69, 9.17) is 11.1 Å². The lowest BCUT2D eigenvalue weighted by atomic mass is 10.0. The number of anilines is 1. The highest BCUT2D eigenvalue weighted by molar-refractivity contribution is 6.43. The van der Waals surface area contributed by atoms with Gasteiger partial charge in [0.05, 0.1) is 12.7 Å². The number of nitrogen functional groups attached to an aromatic ring is 1. The average molecular weight is 246 g/mol. The van der Waals surface area contributed by atoms with Gasteiger partial charge >= 0.3 is 12.1 Å². The van der Waals surface area contributed by atoms with E-state index in [1.807, 2.05) is 0 Å². The topological polar surface area (TPSA) is 76.2 Å². The molecule has 3 N–H and O–H groups in total. The zero-order valence-electron chi connectivity index (χ0n) is 8.76. The van der Waals surface area contributed by atoms with Crippen LogP contribution in [0.15, 0.2) is 18.2 Å². The van der Waals surface area contributed by atoms with E-state index in [-0.39, 0.29) is 11.3 Å². The van der Waals surface area contributed by atoms with Crippen molar-refractivity contribution in [1.29, 1.82) is 5.41 Å². The standard InChI is InChI=1S/C10H9F3N2O2/c1-17-9(16)8(15)6-3-2-5(4-7(6)14)10(11,12)13/h2-4,15H,14H2,1H3. The number of rotatable bonds is 2. The van der Waals surface area contributed by atoms with Crippen molar-refractivity contribution in [2.45, 2.75) is 6.18 Å². The molecule has 0 aromatic heterocycles. The predicted molar refractivity (Wildman–Crippen MR) is 54.7 cm³/mol. The maximum absolute atomic E-state index is 12.3. The molecular weight excluding hydrogens is 237 g/mol. The van der Waals surface area contributed by atoms with Crippen LogP contribution in [0.2, 0.25) is 0 Å². The van der Waals surface area contributed by atoms with Crippen molar-refractivity contribution in [3.8, 4) is 0 Å². The van der Waals surface area contributed by atoms with E-state index in [2.05, 4.69) is 4.74 Å². The zero-order chi connectivity index (χ0) is 13.2. The number of carbonyl (C=O) groups is 1. The number of methoxy groups -OCH3 is 1. The SMILES string of the molecule is COC(=O)C(=N)c1ccc(C(F)(F)F)cc1N. The molecule has 0 aliphatic heterocycles. The molecule has 0 saturated heterocycles. The van der Waals surface area contributed by atoms with Gasteiger partial charge in [-0.15, -0.1) is 0 Å². The second kappa shape index (κ2) is 4.44. The van der Waals surface area contributed by atoms with Gasteiger partial charge in [0.2, 0.25) is 0 Å². The number of nitrogens with one attached hydrogen (secondary N) is 1. The number of halogens is 3. The van der Waals surface area contributed by atoms with Gasteiger partial charge in [-0.3, -0.25) is 5.41 Å². The molecule has 7 heteroatoms. The van der Waals surface area contributed by atoms with Crippen molar-refractivity contribution in [2.24, 2.45) is 0 Å². The monoisotopic (exact) mass is 246 g/mol. The Kier molecular flexibility index (Phi) is 3.40. The molecule has 0 heterocycles. The summed E-state index contributed by atoms with van der Waals surface area (Å²) in [5, 5.41) is 7.37. The van der Waals surface area contributed by atoms with Crippen molar-refractivity contribution in [1.82, 2.24) is 0 Å². The molecule has 0 radical (unpaired) electrons. The maximum atomic E-state index is 12.3. The van der Waals surface area contributed by atoms with Crippen LogP contribution in [0.3, 0.4) is 0 Å². The molecular formula is C10H9F3N2O2. The van der Waals surface area contributed by atoms with E-state index in [0.29, 0.717) is 6.07 Å². The summed E-state index contributed by atoms with van der Waals surface area (Å²) in [5.41, 5.74) is 3.46. The van der Waals surface area contributed by atoms with E-state index in [1.54, 1.807) is 0 Å². The fourth-order valence-electron chi connectivity index (χ4n) is 1.18. The Bertz CT molecular complexity index is 469. The van der Waals surface area contributed by atoms with Crippen LogP contribution in [0.25, 0.3) is 0 Å². The Morgan fingerprint density at radius 1 is 1.41 bits per heavy atom. The number of benzene rings is 1. The number of esters is 1. The number of carbonyl (C=O) groups excluding carboxylic acids is 1. The molecule has 0 saturated carbocycles. The second-order valence-corrected chi connectivity index (χ2v) is 3.17. The summed E-state index contributed by atoms with van der Waals surface area (Å²) in [4.78, 5) is 11.0. The van der Waals surface area contributed by atoms with E-state index in [0.717, 1.165) is 19.2 Å². The molecule has 0 atom stereocenters. The van der Waals surface area contributed by atoms with Crippen molar-refractivity contribution >= 4 is 17.4 Å². The fourth-order valence-corrected chi connectivity index (χ4v) is 1.18. The molecule has 17 heavy (non-hydrogen) atoms. The van der Waals surface area contributed by atoms with Crippen LogP contribution in [0.4, 0.5) is 18.9 Å². The van der Waals surface area contributed by atoms with Crippen LogP contribution in [0.1, 0.15) is 11.1 Å². The quantitative estimate of drug-likeness (QED) is 0.475. The van der Waals surface area contributed by atoms with Gasteiger partial charge in [-0.1, -0.05) is 0 Å². The van der Waals surface area contributed by atoms with E-state index >= 15 is 0 Å². The second-order valence-electron chi connectivity index (χ2n) is 3.17. The van der Waals surface area contributed by atoms with Crippen LogP contribution in [0, 0.1) is 5.41 Å². The average Bonchev–Trinajstić information content (AvgIpc) is 2.25. The lowest BCUT2D eigenvalue weighted by Gasteiger charge is -2.10. The third-order valence-corrected chi connectivity index (χ3v) is 2.04. The predicted octanol–water partition coefficient (Wildman–Crippen LogP) is 1.83. The molecule has 4 nitrogen and oxygen atoms in total. The first-order chi connectivity index (χ1) is 7.77. The van der Waals surface area contributed by atoms with Gasteiger partial charge in [0.15, 0.2) is 0 Å². The highest BCUT2D eigenvalue weighted by Gasteiger charge is 2.31. The van der Waals surface area contributed by atoms with Gasteiger partial charge in [-0.2, -0.15) is 13.2 Å². The van der Waals surface area contributed by atoms with Crippen molar-refractivity contribution in [3.05, 3.63) is 29.3 Å². The van der Waals surface area contributed by atoms with Gasteiger partial charge in [0.1, 0.15) is 5.71 Å². The summed E-state index contributed by atoms with van der Waals surface area (Å²) in [5.74, 6) is -0.962. The molecule has 1 aromatic rings. The van der Waals surface area contributed by atoms with Gasteiger partial charge in [-0.25, -0.2) is 4.79 Å². The molecule has 0 unspecified atom stereocenters. The molecule has 92 valence electrons. The fraction of sp³-hybridized carbons (Fsp3) is 0.200. The lowest BCUT2D eigenvalue weighted by molar-refractivity contribution is -0.137. The third kappa shape index (κ3) is 2.74. The smallest absolute Gasteiger partial charge is 0.416 e. The first-order valence-corrected chi connectivity index (χ1v) is 4.41. The number of nitrogens with two attached hydrogens (primary N) is 1. The van der Waals surface area contributed by atoms with Crippen LogP contribution in [-0.4, -0.2) is 18.8 Å². The molecule has 1 rings (SSSR count). The van der Waals surface area contributed by atoms with E-state index < -0.39 is 23.4 Å². The van der Waals surface area contributed by atoms with Crippen LogP contribution in [0.5, 0.6) is 0 Å². The van der Waals surface area contributed by atoms with Crippen molar-refractivity contribution in [2.75, 3.05) is 12.8 Å². The van der Waals surface area contributed by atoms with E-state index in [9.17, 15) is 18.0 Å². The molecule has 0 aliphatic carbocycles. The summed E-state index contributed by atoms with van der Waals surface area (Å²) in [7, 11) is 1.07. The minimum absolute atomic E-state index is 0.0927. The first-order valence-electron chi connectivity index (χ1n) is 4.41. The van der Waals surface area contributed by atoms with Crippen molar-refractivity contribution < 1.29 is 22.7 Å². The third-order valence-electron chi connectivity index (χ3n) is 2.04. The molecule has 0 fully saturated rings. The Balaban J connectivity index is 3.15. The highest BCUT2D eigenvalue weighted by Crippen LogP contribution is 2.31. The van der Waals surface area contributed by atoms with Crippen LogP contribution in [-0.2, 0) is 15.7 Å². The summed E-state index contributed by atoms with van der Waals surface area (Å²) >= 11 is 0. The number of hydrogen-bond acceptors (Lipinski definition) is 4. The first kappa shape index (κ1) is 13.0. The Morgan fingerprint density at radius 2 is 2.00 bits per heavy atom. The Hall–Kier alpha value is -2.05. The normalized spacial score (nSPS) is 11.1. The number of ether oxygens (including phenoxy) is 1. The Morgan fingerprint density at radius 3 is 2.41 bits per heavy atom. The van der Waals surface area contributed by atoms with Gasteiger partial charge in [0.25, 0.3) is 0 Å². The van der Waals surface area contributed by atoms with Gasteiger partial charge < -0.3 is 10.5 Å². The van der Waals surface area contributed by atoms with Gasteiger partial charge in [0, 0.05) is 11.3 Å². The molecule has 0 aliphatic rings. The van der Waals surface area contributed by atoms with Crippen molar-refractivity contribution in [3.63, 3.8) is 0 Å². The summed E-state index contributed by atoms with van der Waals surface area (Å²) in [6.45, 7) is 0. The van der Waals surface area contributed by atoms with Gasteiger partial charge in [-0.05, 0) is 18.2 Å². The largest absolute Gasteiger partial charge is 0.464 e. The molecule has 0 amide bonds.